The van der Waals surface area contributed by atoms with Crippen LogP contribution >= 0.6 is 11.8 Å². The highest BCUT2D eigenvalue weighted by Gasteiger charge is 2.32. The Hall–Kier alpha value is -1.05. The van der Waals surface area contributed by atoms with Crippen LogP contribution in [0, 0.1) is 11.8 Å². The molecule has 28 heavy (non-hydrogen) atoms. The molecule has 0 saturated carbocycles. The summed E-state index contributed by atoms with van der Waals surface area (Å²) in [6.07, 6.45) is 7.73. The quantitative estimate of drug-likeness (QED) is 0.571. The van der Waals surface area contributed by atoms with E-state index in [0.717, 1.165) is 24.3 Å². The van der Waals surface area contributed by atoms with Crippen molar-refractivity contribution in [3.63, 3.8) is 0 Å². The molecule has 1 fully saturated rings. The first-order valence-electron chi connectivity index (χ1n) is 10.3. The minimum atomic E-state index is -3.48. The Bertz CT molecular complexity index is 712. The molecule has 1 aliphatic heterocycles. The van der Waals surface area contributed by atoms with E-state index in [1.165, 1.54) is 17.1 Å². The van der Waals surface area contributed by atoms with Crippen LogP contribution in [0.2, 0.25) is 0 Å². The van der Waals surface area contributed by atoms with Gasteiger partial charge in [-0.15, -0.1) is 11.8 Å². The van der Waals surface area contributed by atoms with E-state index in [1.54, 1.807) is 23.9 Å². The van der Waals surface area contributed by atoms with Crippen LogP contribution in [0.5, 0.6) is 0 Å². The van der Waals surface area contributed by atoms with Gasteiger partial charge < -0.3 is 5.32 Å². The molecule has 1 heterocycles. The molecular weight excluding hydrogens is 392 g/mol. The van der Waals surface area contributed by atoms with Crippen molar-refractivity contribution in [1.29, 1.82) is 0 Å². The molecule has 0 radical (unpaired) electrons. The Balaban J connectivity index is 1.86. The molecule has 0 aromatic heterocycles. The fourth-order valence-electron chi connectivity index (χ4n) is 3.59. The number of nitrogens with zero attached hydrogens (tertiary/aromatic N) is 1. The topological polar surface area (TPSA) is 66.5 Å². The summed E-state index contributed by atoms with van der Waals surface area (Å²) in [5, 5.41) is 3.10. The normalized spacial score (nSPS) is 17.4. The second-order valence-electron chi connectivity index (χ2n) is 7.52. The summed E-state index contributed by atoms with van der Waals surface area (Å²) in [5.41, 5.74) is 0. The zero-order chi connectivity index (χ0) is 20.6. The number of hydrogen-bond acceptors (Lipinski definition) is 4. The number of unbranched alkanes of at least 4 members (excludes halogenated alkanes) is 1. The number of sulfonamides is 1. The highest BCUT2D eigenvalue weighted by Crippen LogP contribution is 2.25. The minimum absolute atomic E-state index is 0.0799. The fourth-order valence-corrected chi connectivity index (χ4v) is 5.47. The van der Waals surface area contributed by atoms with E-state index in [2.05, 4.69) is 19.2 Å². The number of hydrogen-bond donors (Lipinski definition) is 1. The van der Waals surface area contributed by atoms with E-state index in [9.17, 15) is 13.2 Å². The first-order chi connectivity index (χ1) is 13.4. The number of thioether (sulfide) groups is 1. The van der Waals surface area contributed by atoms with Crippen molar-refractivity contribution >= 4 is 27.7 Å². The number of nitrogens with one attached hydrogen (secondary N) is 1. The molecule has 1 aliphatic rings. The average Bonchev–Trinajstić information content (AvgIpc) is 2.73. The predicted octanol–water partition coefficient (Wildman–Crippen LogP) is 4.14. The average molecular weight is 427 g/mol. The van der Waals surface area contributed by atoms with E-state index >= 15 is 0 Å². The molecule has 1 N–H and O–H groups in total. The summed E-state index contributed by atoms with van der Waals surface area (Å²) in [5.74, 6) is 0.527. The van der Waals surface area contributed by atoms with Crippen molar-refractivity contribution in [2.45, 2.75) is 62.2 Å². The van der Waals surface area contributed by atoms with Gasteiger partial charge in [0, 0.05) is 30.4 Å². The molecule has 0 aliphatic carbocycles. The van der Waals surface area contributed by atoms with Crippen LogP contribution in [-0.4, -0.2) is 44.5 Å². The summed E-state index contributed by atoms with van der Waals surface area (Å²) >= 11 is 1.59. The van der Waals surface area contributed by atoms with Crippen LogP contribution in [0.4, 0.5) is 0 Å². The minimum Gasteiger partial charge on any atom is -0.356 e. The molecule has 5 nitrogen and oxygen atoms in total. The zero-order valence-corrected chi connectivity index (χ0v) is 18.9. The molecule has 2 rings (SSSR count). The number of carbonyl (C=O) groups is 1. The molecule has 0 bridgehead atoms. The third-order valence-electron chi connectivity index (χ3n) is 5.63. The van der Waals surface area contributed by atoms with Crippen LogP contribution in [0.1, 0.15) is 52.4 Å². The molecule has 1 aromatic rings. The number of amides is 1. The first kappa shape index (κ1) is 23.2. The lowest BCUT2D eigenvalue weighted by atomic mass is 9.95. The van der Waals surface area contributed by atoms with Crippen LogP contribution in [-0.2, 0) is 14.8 Å². The van der Waals surface area contributed by atoms with Gasteiger partial charge in [0.1, 0.15) is 0 Å². The maximum absolute atomic E-state index is 12.8. The van der Waals surface area contributed by atoms with Gasteiger partial charge in [-0.05, 0) is 55.7 Å². The van der Waals surface area contributed by atoms with Crippen molar-refractivity contribution in [2.24, 2.45) is 11.8 Å². The van der Waals surface area contributed by atoms with Gasteiger partial charge in [-0.1, -0.05) is 33.1 Å². The molecule has 1 aromatic carbocycles. The smallest absolute Gasteiger partial charge is 0.243 e. The van der Waals surface area contributed by atoms with Gasteiger partial charge >= 0.3 is 0 Å². The van der Waals surface area contributed by atoms with Crippen molar-refractivity contribution in [2.75, 3.05) is 25.9 Å². The van der Waals surface area contributed by atoms with Gasteiger partial charge in [-0.25, -0.2) is 8.42 Å². The van der Waals surface area contributed by atoms with Crippen LogP contribution in [0.25, 0.3) is 0 Å². The van der Waals surface area contributed by atoms with Crippen molar-refractivity contribution in [3.8, 4) is 0 Å². The highest BCUT2D eigenvalue weighted by molar-refractivity contribution is 7.98. The van der Waals surface area contributed by atoms with E-state index in [0.29, 0.717) is 36.7 Å². The van der Waals surface area contributed by atoms with Gasteiger partial charge in [0.15, 0.2) is 0 Å². The van der Waals surface area contributed by atoms with Crippen molar-refractivity contribution in [3.05, 3.63) is 24.3 Å². The van der Waals surface area contributed by atoms with Crippen LogP contribution < -0.4 is 5.32 Å². The largest absolute Gasteiger partial charge is 0.356 e. The maximum atomic E-state index is 12.8. The number of benzene rings is 1. The molecule has 1 atom stereocenters. The highest BCUT2D eigenvalue weighted by atomic mass is 32.2. The molecule has 1 amide bonds. The monoisotopic (exact) mass is 426 g/mol. The molecule has 0 unspecified atom stereocenters. The molecule has 158 valence electrons. The van der Waals surface area contributed by atoms with Gasteiger partial charge in [-0.2, -0.15) is 4.31 Å². The third-order valence-corrected chi connectivity index (χ3v) is 8.29. The Morgan fingerprint density at radius 1 is 1.21 bits per heavy atom. The molecular formula is C21H34N2O3S2. The Morgan fingerprint density at radius 2 is 1.86 bits per heavy atom. The summed E-state index contributed by atoms with van der Waals surface area (Å²) in [7, 11) is -3.48. The summed E-state index contributed by atoms with van der Waals surface area (Å²) in [6, 6.07) is 7.00. The lowest BCUT2D eigenvalue weighted by molar-refractivity contribution is -0.126. The SMILES string of the molecule is CCCC[C@H](CC)CNC(=O)C1CCN(S(=O)(=O)c2ccc(SC)cc2)CC1. The van der Waals surface area contributed by atoms with E-state index in [4.69, 9.17) is 0 Å². The second-order valence-corrected chi connectivity index (χ2v) is 10.3. The van der Waals surface area contributed by atoms with E-state index < -0.39 is 10.0 Å². The fraction of sp³-hybridized carbons (Fsp3) is 0.667. The summed E-state index contributed by atoms with van der Waals surface area (Å²) in [4.78, 5) is 13.9. The number of rotatable bonds is 10. The molecule has 1 saturated heterocycles. The summed E-state index contributed by atoms with van der Waals surface area (Å²) in [6.45, 7) is 5.89. The maximum Gasteiger partial charge on any atom is 0.243 e. The van der Waals surface area contributed by atoms with Crippen molar-refractivity contribution in [1.82, 2.24) is 9.62 Å². The number of piperidine rings is 1. The lowest BCUT2D eigenvalue weighted by Crippen LogP contribution is -2.43. The standard InChI is InChI=1S/C21H34N2O3S2/c1-4-6-7-17(5-2)16-22-21(24)18-12-14-23(15-13-18)28(25,26)20-10-8-19(27-3)9-11-20/h8-11,17-18H,4-7,12-16H2,1-3H3,(H,22,24)/t17-/m0/s1. The Kier molecular flexibility index (Phi) is 9.31. The predicted molar refractivity (Wildman–Crippen MR) is 116 cm³/mol. The second kappa shape index (κ2) is 11.2. The van der Waals surface area contributed by atoms with Crippen molar-refractivity contribution < 1.29 is 13.2 Å². The summed E-state index contributed by atoms with van der Waals surface area (Å²) < 4.78 is 27.2. The van der Waals surface area contributed by atoms with Gasteiger partial charge in [0.2, 0.25) is 15.9 Å². The van der Waals surface area contributed by atoms with Gasteiger partial charge in [-0.3, -0.25) is 4.79 Å². The molecule has 7 heteroatoms. The Labute approximate surface area is 174 Å². The van der Waals surface area contributed by atoms with E-state index in [-0.39, 0.29) is 11.8 Å². The van der Waals surface area contributed by atoms with Crippen LogP contribution in [0.15, 0.2) is 34.1 Å². The Morgan fingerprint density at radius 3 is 2.39 bits per heavy atom. The van der Waals surface area contributed by atoms with Gasteiger partial charge in [0.05, 0.1) is 4.90 Å². The third kappa shape index (κ3) is 6.22. The molecule has 0 spiro atoms. The van der Waals surface area contributed by atoms with E-state index in [1.807, 2.05) is 18.4 Å². The van der Waals surface area contributed by atoms with Crippen LogP contribution in [0.3, 0.4) is 0 Å². The lowest BCUT2D eigenvalue weighted by Gasteiger charge is -2.31. The van der Waals surface area contributed by atoms with Gasteiger partial charge in [0.25, 0.3) is 0 Å². The first-order valence-corrected chi connectivity index (χ1v) is 13.0. The zero-order valence-electron chi connectivity index (χ0n) is 17.3. The number of carbonyl (C=O) groups excluding carboxylic acids is 1.